The van der Waals surface area contributed by atoms with Gasteiger partial charge in [-0.15, -0.1) is 0 Å². The molecule has 0 aliphatic rings. The minimum Gasteiger partial charge on any atom is -0.506 e. The van der Waals surface area contributed by atoms with Crippen molar-refractivity contribution in [1.82, 2.24) is 0 Å². The molecule has 0 saturated heterocycles. The predicted molar refractivity (Wildman–Crippen MR) is 69.0 cm³/mol. The van der Waals surface area contributed by atoms with Crippen molar-refractivity contribution >= 4 is 29.5 Å². The monoisotopic (exact) mass is 282 g/mol. The van der Waals surface area contributed by atoms with Gasteiger partial charge in [-0.2, -0.15) is 4.57 Å². The SMILES string of the molecule is O=CC(c1ccc(O)c(Cl)c1Cl)[n+]1ccccc1. The molecule has 1 unspecified atom stereocenters. The van der Waals surface area contributed by atoms with E-state index < -0.39 is 6.04 Å². The molecule has 0 fully saturated rings. The number of rotatable bonds is 3. The average molecular weight is 283 g/mol. The van der Waals surface area contributed by atoms with E-state index in [2.05, 4.69) is 0 Å². The van der Waals surface area contributed by atoms with Crippen molar-refractivity contribution in [2.45, 2.75) is 6.04 Å². The van der Waals surface area contributed by atoms with Crippen LogP contribution in [-0.4, -0.2) is 11.4 Å². The lowest BCUT2D eigenvalue weighted by Crippen LogP contribution is -2.40. The van der Waals surface area contributed by atoms with Crippen LogP contribution in [0.1, 0.15) is 11.6 Å². The maximum absolute atomic E-state index is 11.3. The number of aldehydes is 1. The van der Waals surface area contributed by atoms with Crippen LogP contribution >= 0.6 is 23.2 Å². The third kappa shape index (κ3) is 2.33. The first kappa shape index (κ1) is 12.9. The number of nitrogens with zero attached hydrogens (tertiary/aromatic N) is 1. The van der Waals surface area contributed by atoms with E-state index in [-0.39, 0.29) is 15.8 Å². The van der Waals surface area contributed by atoms with Gasteiger partial charge in [-0.05, 0) is 12.1 Å². The molecule has 3 nitrogen and oxygen atoms in total. The number of halogens is 2. The van der Waals surface area contributed by atoms with E-state index in [0.29, 0.717) is 5.56 Å². The summed E-state index contributed by atoms with van der Waals surface area (Å²) >= 11 is 11.9. The van der Waals surface area contributed by atoms with Crippen LogP contribution in [0.2, 0.25) is 10.0 Å². The molecule has 1 atom stereocenters. The van der Waals surface area contributed by atoms with E-state index in [1.807, 2.05) is 18.2 Å². The predicted octanol–water partition coefficient (Wildman–Crippen LogP) is 2.77. The summed E-state index contributed by atoms with van der Waals surface area (Å²) in [5, 5.41) is 9.68. The lowest BCUT2D eigenvalue weighted by Gasteiger charge is -2.10. The molecule has 5 heteroatoms. The summed E-state index contributed by atoms with van der Waals surface area (Å²) in [6.45, 7) is 0. The zero-order chi connectivity index (χ0) is 13.1. The topological polar surface area (TPSA) is 41.2 Å². The van der Waals surface area contributed by atoms with Crippen molar-refractivity contribution in [2.24, 2.45) is 0 Å². The van der Waals surface area contributed by atoms with Crippen LogP contribution in [0.15, 0.2) is 42.7 Å². The van der Waals surface area contributed by atoms with Crippen molar-refractivity contribution in [3.63, 3.8) is 0 Å². The second-order valence-electron chi connectivity index (χ2n) is 3.71. The highest BCUT2D eigenvalue weighted by Crippen LogP contribution is 2.35. The van der Waals surface area contributed by atoms with Crippen molar-refractivity contribution in [2.75, 3.05) is 0 Å². The van der Waals surface area contributed by atoms with Crippen LogP contribution in [0.25, 0.3) is 0 Å². The van der Waals surface area contributed by atoms with E-state index in [0.717, 1.165) is 6.29 Å². The maximum atomic E-state index is 11.3. The second kappa shape index (κ2) is 5.38. The van der Waals surface area contributed by atoms with Gasteiger partial charge in [-0.25, -0.2) is 0 Å². The fraction of sp³-hybridized carbons (Fsp3) is 0.0769. The Balaban J connectivity index is 2.53. The number of aromatic nitrogens is 1. The highest BCUT2D eigenvalue weighted by molar-refractivity contribution is 6.43. The number of pyridine rings is 1. The first-order valence-corrected chi connectivity index (χ1v) is 5.98. The average Bonchev–Trinajstić information content (AvgIpc) is 2.41. The maximum Gasteiger partial charge on any atom is 0.239 e. The molecule has 1 heterocycles. The van der Waals surface area contributed by atoms with Gasteiger partial charge in [0, 0.05) is 17.7 Å². The van der Waals surface area contributed by atoms with Crippen molar-refractivity contribution in [3.8, 4) is 5.75 Å². The van der Waals surface area contributed by atoms with Crippen molar-refractivity contribution in [1.29, 1.82) is 0 Å². The Kier molecular flexibility index (Phi) is 3.84. The van der Waals surface area contributed by atoms with E-state index in [4.69, 9.17) is 23.2 Å². The van der Waals surface area contributed by atoms with E-state index >= 15 is 0 Å². The molecule has 0 bridgehead atoms. The molecule has 1 aromatic heterocycles. The first-order valence-electron chi connectivity index (χ1n) is 5.23. The molecular formula is C13H10Cl2NO2+. The minimum atomic E-state index is -0.572. The van der Waals surface area contributed by atoms with Gasteiger partial charge in [0.15, 0.2) is 18.7 Å². The van der Waals surface area contributed by atoms with Crippen LogP contribution in [0.5, 0.6) is 5.75 Å². The Morgan fingerprint density at radius 2 is 1.78 bits per heavy atom. The Hall–Kier alpha value is -1.58. The summed E-state index contributed by atoms with van der Waals surface area (Å²) in [6.07, 6.45) is 4.29. The number of hydrogen-bond donors (Lipinski definition) is 1. The molecule has 0 spiro atoms. The third-order valence-corrected chi connectivity index (χ3v) is 3.49. The molecule has 0 radical (unpaired) electrons. The van der Waals surface area contributed by atoms with Gasteiger partial charge in [0.25, 0.3) is 0 Å². The Morgan fingerprint density at radius 3 is 2.39 bits per heavy atom. The summed E-state index contributed by atoms with van der Waals surface area (Å²) in [6, 6.07) is 7.91. The zero-order valence-corrected chi connectivity index (χ0v) is 10.8. The largest absolute Gasteiger partial charge is 0.506 e. The molecule has 92 valence electrons. The standard InChI is InChI=1S/C13H9Cl2NO2/c14-12-9(4-5-11(18)13(12)15)10(8-17)16-6-2-1-3-7-16/h1-8,10H/p+1. The molecule has 1 aromatic carbocycles. The number of benzene rings is 1. The van der Waals surface area contributed by atoms with Crippen LogP contribution in [0, 0.1) is 0 Å². The zero-order valence-electron chi connectivity index (χ0n) is 9.25. The summed E-state index contributed by atoms with van der Waals surface area (Å²) < 4.78 is 1.71. The summed E-state index contributed by atoms with van der Waals surface area (Å²) in [5.74, 6) is -0.104. The highest BCUT2D eigenvalue weighted by Gasteiger charge is 2.24. The Morgan fingerprint density at radius 1 is 1.11 bits per heavy atom. The number of phenols is 1. The lowest BCUT2D eigenvalue weighted by molar-refractivity contribution is -0.698. The molecule has 0 saturated carbocycles. The molecule has 0 aliphatic heterocycles. The fourth-order valence-corrected chi connectivity index (χ4v) is 2.13. The number of hydrogen-bond acceptors (Lipinski definition) is 2. The minimum absolute atomic E-state index is 0.0533. The van der Waals surface area contributed by atoms with E-state index in [1.165, 1.54) is 6.07 Å². The molecule has 0 amide bonds. The summed E-state index contributed by atoms with van der Waals surface area (Å²) in [5.41, 5.74) is 0.547. The normalized spacial score (nSPS) is 12.1. The third-order valence-electron chi connectivity index (χ3n) is 2.60. The molecule has 2 rings (SSSR count). The second-order valence-corrected chi connectivity index (χ2v) is 4.46. The Bertz CT molecular complexity index is 573. The van der Waals surface area contributed by atoms with Crippen LogP contribution in [-0.2, 0) is 4.79 Å². The Labute approximate surface area is 114 Å². The first-order chi connectivity index (χ1) is 8.65. The van der Waals surface area contributed by atoms with E-state index in [1.54, 1.807) is 23.0 Å². The van der Waals surface area contributed by atoms with Crippen molar-refractivity contribution < 1.29 is 14.5 Å². The lowest BCUT2D eigenvalue weighted by atomic mass is 10.1. The quantitative estimate of drug-likeness (QED) is 0.695. The van der Waals surface area contributed by atoms with Gasteiger partial charge in [0.1, 0.15) is 10.8 Å². The number of aromatic hydroxyl groups is 1. The van der Waals surface area contributed by atoms with Gasteiger partial charge in [0.05, 0.1) is 5.02 Å². The van der Waals surface area contributed by atoms with Gasteiger partial charge < -0.3 is 5.11 Å². The number of carbonyl (C=O) groups excluding carboxylic acids is 1. The van der Waals surface area contributed by atoms with Gasteiger partial charge in [-0.3, -0.25) is 4.79 Å². The van der Waals surface area contributed by atoms with Crippen LogP contribution in [0.3, 0.4) is 0 Å². The van der Waals surface area contributed by atoms with Gasteiger partial charge in [-0.1, -0.05) is 29.3 Å². The van der Waals surface area contributed by atoms with Crippen LogP contribution < -0.4 is 4.57 Å². The molecular weight excluding hydrogens is 273 g/mol. The molecule has 2 aromatic rings. The molecule has 1 N–H and O–H groups in total. The fourth-order valence-electron chi connectivity index (χ4n) is 1.68. The van der Waals surface area contributed by atoms with E-state index in [9.17, 15) is 9.90 Å². The summed E-state index contributed by atoms with van der Waals surface area (Å²) in [7, 11) is 0. The van der Waals surface area contributed by atoms with Crippen molar-refractivity contribution in [3.05, 3.63) is 58.3 Å². The van der Waals surface area contributed by atoms with Gasteiger partial charge in [0.2, 0.25) is 6.04 Å². The smallest absolute Gasteiger partial charge is 0.239 e. The molecule has 18 heavy (non-hydrogen) atoms. The number of carbonyl (C=O) groups is 1. The van der Waals surface area contributed by atoms with Gasteiger partial charge >= 0.3 is 0 Å². The van der Waals surface area contributed by atoms with Crippen LogP contribution in [0.4, 0.5) is 0 Å². The highest BCUT2D eigenvalue weighted by atomic mass is 35.5. The molecule has 0 aliphatic carbocycles. The summed E-state index contributed by atoms with van der Waals surface area (Å²) in [4.78, 5) is 11.3. The number of phenolic OH excluding ortho intramolecular Hbond substituents is 1.